The number of rotatable bonds is 4. The molecule has 3 aromatic rings. The van der Waals surface area contributed by atoms with Gasteiger partial charge in [-0.2, -0.15) is 0 Å². The van der Waals surface area contributed by atoms with Gasteiger partial charge in [0.1, 0.15) is 0 Å². The summed E-state index contributed by atoms with van der Waals surface area (Å²) < 4.78 is 4.96. The second kappa shape index (κ2) is 6.13. The average Bonchev–Trinajstić information content (AvgIpc) is 3.07. The zero-order chi connectivity index (χ0) is 15.4. The predicted octanol–water partition coefficient (Wildman–Crippen LogP) is 2.80. The molecule has 2 aromatic carbocycles. The summed E-state index contributed by atoms with van der Waals surface area (Å²) in [5.41, 5.74) is 0.718. The first-order valence-corrected chi connectivity index (χ1v) is 6.83. The second-order valence-corrected chi connectivity index (χ2v) is 4.73. The van der Waals surface area contributed by atoms with E-state index in [0.29, 0.717) is 0 Å². The summed E-state index contributed by atoms with van der Waals surface area (Å²) in [5.74, 6) is -0.535. The van der Waals surface area contributed by atoms with Gasteiger partial charge in [0.15, 0.2) is 5.76 Å². The fraction of sp³-hybridized carbons (Fsp3) is 0.0588. The van der Waals surface area contributed by atoms with Crippen LogP contribution in [0.4, 0.5) is 5.69 Å². The molecule has 5 heteroatoms. The molecule has 110 valence electrons. The maximum atomic E-state index is 12.0. The fourth-order valence-corrected chi connectivity index (χ4v) is 2.18. The van der Waals surface area contributed by atoms with Crippen LogP contribution in [0.3, 0.4) is 0 Å². The van der Waals surface area contributed by atoms with Crippen molar-refractivity contribution in [2.24, 2.45) is 0 Å². The third kappa shape index (κ3) is 2.98. The molecule has 1 heterocycles. The Labute approximate surface area is 126 Å². The van der Waals surface area contributed by atoms with E-state index in [4.69, 9.17) is 4.42 Å². The molecule has 0 fully saturated rings. The Morgan fingerprint density at radius 2 is 1.77 bits per heavy atom. The van der Waals surface area contributed by atoms with Crippen LogP contribution in [0.2, 0.25) is 0 Å². The highest BCUT2D eigenvalue weighted by Gasteiger charge is 2.11. The molecule has 2 amide bonds. The van der Waals surface area contributed by atoms with Crippen molar-refractivity contribution in [3.63, 3.8) is 0 Å². The lowest BCUT2D eigenvalue weighted by Crippen LogP contribution is -2.32. The number of nitrogens with one attached hydrogen (secondary N) is 2. The van der Waals surface area contributed by atoms with Crippen LogP contribution in [0.5, 0.6) is 0 Å². The number of furan rings is 1. The van der Waals surface area contributed by atoms with Crippen LogP contribution < -0.4 is 10.6 Å². The highest BCUT2D eigenvalue weighted by atomic mass is 16.3. The first-order chi connectivity index (χ1) is 10.7. The molecule has 22 heavy (non-hydrogen) atoms. The van der Waals surface area contributed by atoms with E-state index in [0.717, 1.165) is 16.5 Å². The summed E-state index contributed by atoms with van der Waals surface area (Å²) >= 11 is 0. The standard InChI is InChI=1S/C17H14N2O3/c20-16(11-18-17(21)15-9-4-10-22-15)19-14-8-3-6-12-5-1-2-7-13(12)14/h1-10H,11H2,(H,18,21)(H,19,20). The topological polar surface area (TPSA) is 71.3 Å². The molecule has 2 N–H and O–H groups in total. The number of amides is 2. The zero-order valence-corrected chi connectivity index (χ0v) is 11.7. The summed E-state index contributed by atoms with van der Waals surface area (Å²) in [6.45, 7) is -0.122. The number of anilines is 1. The van der Waals surface area contributed by atoms with Crippen molar-refractivity contribution in [2.75, 3.05) is 11.9 Å². The molecule has 0 aliphatic heterocycles. The molecule has 0 radical (unpaired) electrons. The number of fused-ring (bicyclic) bond motifs is 1. The first-order valence-electron chi connectivity index (χ1n) is 6.83. The van der Waals surface area contributed by atoms with Gasteiger partial charge in [0.2, 0.25) is 5.91 Å². The SMILES string of the molecule is O=C(CNC(=O)c1ccco1)Nc1cccc2ccccc12. The van der Waals surface area contributed by atoms with Gasteiger partial charge >= 0.3 is 0 Å². The van der Waals surface area contributed by atoms with Crippen LogP contribution in [0, 0.1) is 0 Å². The molecule has 3 rings (SSSR count). The van der Waals surface area contributed by atoms with Crippen LogP contribution in [0.1, 0.15) is 10.6 Å². The number of hydrogen-bond acceptors (Lipinski definition) is 3. The smallest absolute Gasteiger partial charge is 0.287 e. The van der Waals surface area contributed by atoms with Crippen LogP contribution in [-0.4, -0.2) is 18.4 Å². The Balaban J connectivity index is 1.65. The molecule has 0 aliphatic carbocycles. The molecular formula is C17H14N2O3. The Morgan fingerprint density at radius 3 is 2.59 bits per heavy atom. The van der Waals surface area contributed by atoms with Crippen LogP contribution in [0.25, 0.3) is 10.8 Å². The molecular weight excluding hydrogens is 280 g/mol. The first kappa shape index (κ1) is 13.9. The Bertz CT molecular complexity index is 804. The molecule has 0 spiro atoms. The normalized spacial score (nSPS) is 10.4. The van der Waals surface area contributed by atoms with E-state index in [1.807, 2.05) is 42.5 Å². The van der Waals surface area contributed by atoms with Gasteiger partial charge in [0.25, 0.3) is 5.91 Å². The lowest BCUT2D eigenvalue weighted by atomic mass is 10.1. The lowest BCUT2D eigenvalue weighted by molar-refractivity contribution is -0.115. The third-order valence-electron chi connectivity index (χ3n) is 3.22. The van der Waals surface area contributed by atoms with Crippen LogP contribution in [-0.2, 0) is 4.79 Å². The number of carbonyl (C=O) groups is 2. The van der Waals surface area contributed by atoms with Gasteiger partial charge in [0.05, 0.1) is 12.8 Å². The van der Waals surface area contributed by atoms with Crippen molar-refractivity contribution in [1.82, 2.24) is 5.32 Å². The van der Waals surface area contributed by atoms with E-state index < -0.39 is 5.91 Å². The van der Waals surface area contributed by atoms with Gasteiger partial charge in [-0.1, -0.05) is 36.4 Å². The van der Waals surface area contributed by atoms with Crippen molar-refractivity contribution >= 4 is 28.3 Å². The van der Waals surface area contributed by atoms with E-state index >= 15 is 0 Å². The van der Waals surface area contributed by atoms with Crippen LogP contribution >= 0.6 is 0 Å². The van der Waals surface area contributed by atoms with E-state index in [2.05, 4.69) is 10.6 Å². The van der Waals surface area contributed by atoms with Crippen molar-refractivity contribution in [2.45, 2.75) is 0 Å². The van der Waals surface area contributed by atoms with Crippen molar-refractivity contribution in [1.29, 1.82) is 0 Å². The van der Waals surface area contributed by atoms with Crippen molar-refractivity contribution < 1.29 is 14.0 Å². The fourth-order valence-electron chi connectivity index (χ4n) is 2.18. The molecule has 0 saturated heterocycles. The molecule has 0 saturated carbocycles. The minimum Gasteiger partial charge on any atom is -0.459 e. The molecule has 1 aromatic heterocycles. The Hall–Kier alpha value is -3.08. The molecule has 0 aliphatic rings. The van der Waals surface area contributed by atoms with E-state index in [-0.39, 0.29) is 18.2 Å². The molecule has 5 nitrogen and oxygen atoms in total. The maximum Gasteiger partial charge on any atom is 0.287 e. The summed E-state index contributed by atoms with van der Waals surface area (Å²) in [5, 5.41) is 7.31. The van der Waals surface area contributed by atoms with Crippen molar-refractivity contribution in [3.8, 4) is 0 Å². The van der Waals surface area contributed by atoms with Crippen LogP contribution in [0.15, 0.2) is 65.3 Å². The minimum absolute atomic E-state index is 0.122. The number of benzene rings is 2. The zero-order valence-electron chi connectivity index (χ0n) is 11.7. The van der Waals surface area contributed by atoms with Gasteiger partial charge in [-0.05, 0) is 23.6 Å². The highest BCUT2D eigenvalue weighted by Crippen LogP contribution is 2.22. The Morgan fingerprint density at radius 1 is 0.955 bits per heavy atom. The quantitative estimate of drug-likeness (QED) is 0.777. The lowest BCUT2D eigenvalue weighted by Gasteiger charge is -2.09. The van der Waals surface area contributed by atoms with Gasteiger partial charge < -0.3 is 15.1 Å². The summed E-state index contributed by atoms with van der Waals surface area (Å²) in [7, 11) is 0. The highest BCUT2D eigenvalue weighted by molar-refractivity contribution is 6.04. The molecule has 0 unspecified atom stereocenters. The van der Waals surface area contributed by atoms with Gasteiger partial charge in [0, 0.05) is 11.1 Å². The van der Waals surface area contributed by atoms with E-state index in [1.54, 1.807) is 6.07 Å². The molecule has 0 atom stereocenters. The predicted molar refractivity (Wildman–Crippen MR) is 83.6 cm³/mol. The Kier molecular flexibility index (Phi) is 3.87. The second-order valence-electron chi connectivity index (χ2n) is 4.73. The van der Waals surface area contributed by atoms with Gasteiger partial charge in [-0.3, -0.25) is 9.59 Å². The van der Waals surface area contributed by atoms with Crippen molar-refractivity contribution in [3.05, 3.63) is 66.6 Å². The summed E-state index contributed by atoms with van der Waals surface area (Å²) in [4.78, 5) is 23.7. The largest absolute Gasteiger partial charge is 0.459 e. The monoisotopic (exact) mass is 294 g/mol. The number of hydrogen-bond donors (Lipinski definition) is 2. The third-order valence-corrected chi connectivity index (χ3v) is 3.22. The minimum atomic E-state index is -0.418. The maximum absolute atomic E-state index is 12.0. The van der Waals surface area contributed by atoms with Gasteiger partial charge in [-0.25, -0.2) is 0 Å². The van der Waals surface area contributed by atoms with E-state index in [1.165, 1.54) is 12.3 Å². The number of carbonyl (C=O) groups excluding carboxylic acids is 2. The molecule has 0 bridgehead atoms. The van der Waals surface area contributed by atoms with E-state index in [9.17, 15) is 9.59 Å². The summed E-state index contributed by atoms with van der Waals surface area (Å²) in [6, 6.07) is 16.6. The average molecular weight is 294 g/mol. The van der Waals surface area contributed by atoms with Gasteiger partial charge in [-0.15, -0.1) is 0 Å². The summed E-state index contributed by atoms with van der Waals surface area (Å²) in [6.07, 6.45) is 1.41.